The van der Waals surface area contributed by atoms with E-state index < -0.39 is 19.1 Å². The quantitative estimate of drug-likeness (QED) is 0.444. The van der Waals surface area contributed by atoms with Gasteiger partial charge in [0, 0.05) is 12.7 Å². The van der Waals surface area contributed by atoms with E-state index in [1.807, 2.05) is 20.8 Å². The summed E-state index contributed by atoms with van der Waals surface area (Å²) >= 11 is 0. The zero-order valence-corrected chi connectivity index (χ0v) is 14.6. The maximum absolute atomic E-state index is 12.9. The molecule has 1 N–H and O–H groups in total. The minimum absolute atomic E-state index is 0.0161. The zero-order chi connectivity index (χ0) is 16.2. The molecular weight excluding hydrogens is 288 g/mol. The minimum atomic E-state index is -3.05. The van der Waals surface area contributed by atoms with E-state index in [0.29, 0.717) is 12.3 Å². The third-order valence-electron chi connectivity index (χ3n) is 4.06. The molecule has 1 fully saturated rings. The van der Waals surface area contributed by atoms with Crippen LogP contribution < -0.4 is 5.09 Å². The average Bonchev–Trinajstić information content (AvgIpc) is 2.80. The second-order valence-corrected chi connectivity index (χ2v) is 9.07. The molecule has 120 valence electrons. The van der Waals surface area contributed by atoms with Gasteiger partial charge < -0.3 is 14.0 Å². The zero-order valence-electron chi connectivity index (χ0n) is 13.7. The lowest BCUT2D eigenvalue weighted by atomic mass is 9.86. The molecule has 21 heavy (non-hydrogen) atoms. The lowest BCUT2D eigenvalue weighted by molar-refractivity contribution is -0.151. The summed E-state index contributed by atoms with van der Waals surface area (Å²) in [6.07, 6.45) is 2.21. The van der Waals surface area contributed by atoms with Crippen LogP contribution in [0.3, 0.4) is 0 Å². The average molecular weight is 315 g/mol. The van der Waals surface area contributed by atoms with Crippen LogP contribution in [0.4, 0.5) is 0 Å². The molecule has 0 aromatic carbocycles. The molecule has 0 amide bonds. The molecule has 4 unspecified atom stereocenters. The first-order valence-electron chi connectivity index (χ1n) is 7.51. The first-order valence-corrected chi connectivity index (χ1v) is 9.73. The molecule has 1 aliphatic rings. The van der Waals surface area contributed by atoms with Crippen molar-refractivity contribution >= 4 is 21.1 Å². The number of rotatable bonds is 7. The van der Waals surface area contributed by atoms with Crippen LogP contribution in [0, 0.1) is 5.92 Å². The third kappa shape index (κ3) is 5.43. The van der Waals surface area contributed by atoms with Gasteiger partial charge in [0.2, 0.25) is 5.85 Å². The van der Waals surface area contributed by atoms with Gasteiger partial charge in [0.15, 0.2) is 7.29 Å². The van der Waals surface area contributed by atoms with Gasteiger partial charge in [0.05, 0.1) is 21.1 Å². The SMILES string of the molecule is [B]C1CCC(OC(C(=O)OC)P(C)(=O)N[C@@H](C)C(C)C)C1. The molecule has 0 aliphatic heterocycles. The van der Waals surface area contributed by atoms with Crippen molar-refractivity contribution in [3.63, 3.8) is 0 Å². The first kappa shape index (κ1) is 18.7. The summed E-state index contributed by atoms with van der Waals surface area (Å²) in [7, 11) is 4.10. The molecule has 5 nitrogen and oxygen atoms in total. The summed E-state index contributed by atoms with van der Waals surface area (Å²) in [6.45, 7) is 7.55. The number of nitrogens with one attached hydrogen (secondary N) is 1. The van der Waals surface area contributed by atoms with Crippen molar-refractivity contribution in [1.29, 1.82) is 0 Å². The molecule has 1 saturated carbocycles. The number of ether oxygens (including phenoxy) is 2. The second kappa shape index (κ2) is 7.80. The van der Waals surface area contributed by atoms with Gasteiger partial charge in [-0.1, -0.05) is 26.1 Å². The highest BCUT2D eigenvalue weighted by molar-refractivity contribution is 7.62. The Bertz CT molecular complexity index is 404. The maximum atomic E-state index is 12.9. The fourth-order valence-corrected chi connectivity index (χ4v) is 4.53. The molecule has 0 aromatic rings. The number of hydrogen-bond acceptors (Lipinski definition) is 4. The molecule has 0 bridgehead atoms. The van der Waals surface area contributed by atoms with E-state index >= 15 is 0 Å². The fourth-order valence-electron chi connectivity index (χ4n) is 2.37. The topological polar surface area (TPSA) is 64.6 Å². The van der Waals surface area contributed by atoms with E-state index in [-0.39, 0.29) is 18.0 Å². The highest BCUT2D eigenvalue weighted by atomic mass is 31.2. The standard InChI is InChI=1S/C14H27BNO4P/c1-9(2)10(3)16-21(5,18)14(13(17)19-4)20-12-7-6-11(15)8-12/h9-12,14H,6-8H2,1-5H3,(H,16,18)/t10-,11?,12?,14?,21?/m0/s1. The molecule has 0 saturated heterocycles. The van der Waals surface area contributed by atoms with E-state index in [1.165, 1.54) is 7.11 Å². The monoisotopic (exact) mass is 315 g/mol. The van der Waals surface area contributed by atoms with Crippen molar-refractivity contribution in [2.45, 2.75) is 63.8 Å². The molecule has 7 heteroatoms. The molecule has 0 aromatic heterocycles. The molecule has 1 rings (SSSR count). The number of hydrogen-bond donors (Lipinski definition) is 1. The van der Waals surface area contributed by atoms with Crippen LogP contribution in [0.15, 0.2) is 0 Å². The predicted molar refractivity (Wildman–Crippen MR) is 85.0 cm³/mol. The van der Waals surface area contributed by atoms with Gasteiger partial charge in [-0.2, -0.15) is 0 Å². The summed E-state index contributed by atoms with van der Waals surface area (Å²) in [5.41, 5.74) is 0. The van der Waals surface area contributed by atoms with Crippen molar-refractivity contribution in [1.82, 2.24) is 5.09 Å². The van der Waals surface area contributed by atoms with E-state index in [1.54, 1.807) is 6.66 Å². The van der Waals surface area contributed by atoms with E-state index in [4.69, 9.17) is 17.3 Å². The lowest BCUT2D eigenvalue weighted by Gasteiger charge is -2.30. The van der Waals surface area contributed by atoms with Crippen LogP contribution in [0.5, 0.6) is 0 Å². The highest BCUT2D eigenvalue weighted by Crippen LogP contribution is 2.46. The van der Waals surface area contributed by atoms with Crippen LogP contribution in [0.1, 0.15) is 40.0 Å². The third-order valence-corrected chi connectivity index (χ3v) is 6.20. The minimum Gasteiger partial charge on any atom is -0.467 e. The van der Waals surface area contributed by atoms with Gasteiger partial charge in [-0.25, -0.2) is 4.79 Å². The molecule has 0 heterocycles. The second-order valence-electron chi connectivity index (χ2n) is 6.36. The van der Waals surface area contributed by atoms with E-state index in [0.717, 1.165) is 12.8 Å². The molecule has 0 spiro atoms. The molecule has 5 atom stereocenters. The Morgan fingerprint density at radius 2 is 1.95 bits per heavy atom. The van der Waals surface area contributed by atoms with E-state index in [2.05, 4.69) is 5.09 Å². The van der Waals surface area contributed by atoms with Crippen LogP contribution in [-0.2, 0) is 18.8 Å². The Labute approximate surface area is 129 Å². The Hall–Kier alpha value is -0.315. The fraction of sp³-hybridized carbons (Fsp3) is 0.929. The summed E-state index contributed by atoms with van der Waals surface area (Å²) in [5.74, 6) is -1.27. The first-order chi connectivity index (χ1) is 9.67. The van der Waals surface area contributed by atoms with Gasteiger partial charge in [-0.05, 0) is 25.7 Å². The summed E-state index contributed by atoms with van der Waals surface area (Å²) in [5, 5.41) is 3.05. The van der Waals surface area contributed by atoms with Gasteiger partial charge in [0.1, 0.15) is 0 Å². The van der Waals surface area contributed by atoms with Crippen molar-refractivity contribution in [2.24, 2.45) is 5.92 Å². The lowest BCUT2D eigenvalue weighted by Crippen LogP contribution is -2.38. The number of carbonyl (C=O) groups excluding carboxylic acids is 1. The van der Waals surface area contributed by atoms with Crippen LogP contribution in [-0.4, -0.2) is 45.6 Å². The van der Waals surface area contributed by atoms with Gasteiger partial charge in [-0.15, -0.1) is 0 Å². The predicted octanol–water partition coefficient (Wildman–Crippen LogP) is 2.55. The smallest absolute Gasteiger partial charge is 0.344 e. The Morgan fingerprint density at radius 1 is 1.33 bits per heavy atom. The largest absolute Gasteiger partial charge is 0.467 e. The summed E-state index contributed by atoms with van der Waals surface area (Å²) < 4.78 is 23.5. The normalized spacial score (nSPS) is 28.1. The van der Waals surface area contributed by atoms with Gasteiger partial charge in [0.25, 0.3) is 0 Å². The van der Waals surface area contributed by atoms with Gasteiger partial charge >= 0.3 is 5.97 Å². The van der Waals surface area contributed by atoms with Crippen molar-refractivity contribution in [3.05, 3.63) is 0 Å². The van der Waals surface area contributed by atoms with Gasteiger partial charge in [-0.3, -0.25) is 5.09 Å². The number of esters is 1. The van der Waals surface area contributed by atoms with Crippen molar-refractivity contribution in [3.8, 4) is 0 Å². The number of carbonyl (C=O) groups is 1. The maximum Gasteiger partial charge on any atom is 0.344 e. The Morgan fingerprint density at radius 3 is 2.38 bits per heavy atom. The molecule has 2 radical (unpaired) electrons. The molecule has 1 aliphatic carbocycles. The van der Waals surface area contributed by atoms with Crippen LogP contribution in [0.2, 0.25) is 5.82 Å². The van der Waals surface area contributed by atoms with Crippen molar-refractivity contribution in [2.75, 3.05) is 13.8 Å². The number of methoxy groups -OCH3 is 1. The highest BCUT2D eigenvalue weighted by Gasteiger charge is 2.40. The molecular formula is C14H27BNO4P. The Balaban J connectivity index is 2.80. The van der Waals surface area contributed by atoms with Crippen LogP contribution in [0.25, 0.3) is 0 Å². The summed E-state index contributed by atoms with van der Waals surface area (Å²) in [4.78, 5) is 12.0. The van der Waals surface area contributed by atoms with Crippen molar-refractivity contribution < 1.29 is 18.8 Å². The summed E-state index contributed by atoms with van der Waals surface area (Å²) in [6, 6.07) is 0.0161. The van der Waals surface area contributed by atoms with Crippen LogP contribution >= 0.6 is 7.29 Å². The Kier molecular flexibility index (Phi) is 6.96. The van der Waals surface area contributed by atoms with E-state index in [9.17, 15) is 9.36 Å².